The average Bonchev–Trinajstić information content (AvgIpc) is 1.63. The van der Waals surface area contributed by atoms with Gasteiger partial charge in [0.05, 0.1) is 5.97 Å². The molecule has 5 heteroatoms. The van der Waals surface area contributed by atoms with Gasteiger partial charge in [-0.2, -0.15) is 0 Å². The topological polar surface area (TPSA) is 80.3 Å². The fraction of sp³-hybridized carbons (Fsp3) is 0.333. The Kier molecular flexibility index (Phi) is 14.1. The van der Waals surface area contributed by atoms with E-state index in [0.29, 0.717) is 0 Å². The Hall–Kier alpha value is -0.697. The van der Waals surface area contributed by atoms with Gasteiger partial charge in [0.1, 0.15) is 0 Å². The Labute approximate surface area is 77.7 Å². The molecule has 58 valence electrons. The van der Waals surface area contributed by atoms with E-state index in [0.717, 1.165) is 6.92 Å². The van der Waals surface area contributed by atoms with Crippen LogP contribution >= 0.6 is 0 Å². The van der Waals surface area contributed by atoms with Gasteiger partial charge in [0.15, 0.2) is 0 Å². The number of carboxylic acid groups (broad SMARTS) is 2. The van der Waals surface area contributed by atoms with Crippen LogP contribution in [0.3, 0.4) is 0 Å². The smallest absolute Gasteiger partial charge is 0.550 e. The van der Waals surface area contributed by atoms with Crippen LogP contribution in [0.5, 0.6) is 0 Å². The third kappa shape index (κ3) is 45.5. The van der Waals surface area contributed by atoms with Gasteiger partial charge in [0.25, 0.3) is 0 Å². The van der Waals surface area contributed by atoms with Crippen molar-refractivity contribution >= 4 is 11.9 Å². The second kappa shape index (κ2) is 9.30. The van der Waals surface area contributed by atoms with Gasteiger partial charge in [-0.1, -0.05) is 6.58 Å². The third-order valence-corrected chi connectivity index (χ3v) is 0.348. The molecule has 0 amide bonds. The van der Waals surface area contributed by atoms with Crippen LogP contribution in [0.4, 0.5) is 0 Å². The molecule has 0 spiro atoms. The number of carboxylic acids is 2. The number of hydrogen-bond donors (Lipinski definition) is 0. The Morgan fingerprint density at radius 1 is 1.18 bits per heavy atom. The summed E-state index contributed by atoms with van der Waals surface area (Å²) in [4.78, 5) is 18.4. The first-order valence-corrected chi connectivity index (χ1v) is 2.42. The van der Waals surface area contributed by atoms with E-state index in [1.54, 1.807) is 0 Å². The van der Waals surface area contributed by atoms with Crippen LogP contribution in [0.15, 0.2) is 12.2 Å². The van der Waals surface area contributed by atoms with Gasteiger partial charge in [0, 0.05) is 5.97 Å². The van der Waals surface area contributed by atoms with Crippen molar-refractivity contribution in [2.75, 3.05) is 0 Å². The predicted octanol–water partition coefficient (Wildman–Crippen LogP) is -1.93. The summed E-state index contributed by atoms with van der Waals surface area (Å²) < 4.78 is 0. The minimum absolute atomic E-state index is 0. The molecule has 0 aliphatic heterocycles. The standard InChI is InChI=1S/C4H6O2.C2H4O2.Zn/c1-3(2)4(5)6;1-2(3)4;/h1H2,2H3,(H,5,6);1H3,(H,3,4);/q;;+2/p-2. The van der Waals surface area contributed by atoms with E-state index in [4.69, 9.17) is 9.90 Å². The third-order valence-electron chi connectivity index (χ3n) is 0.348. The molecular formula is C6H8O4Zn. The summed E-state index contributed by atoms with van der Waals surface area (Å²) in [5.41, 5.74) is 0.0648. The van der Waals surface area contributed by atoms with Gasteiger partial charge in [-0.25, -0.2) is 0 Å². The molecule has 0 aromatic heterocycles. The van der Waals surface area contributed by atoms with Crippen molar-refractivity contribution < 1.29 is 39.3 Å². The van der Waals surface area contributed by atoms with Crippen LogP contribution in [-0.2, 0) is 29.1 Å². The van der Waals surface area contributed by atoms with Crippen molar-refractivity contribution in [1.29, 1.82) is 0 Å². The monoisotopic (exact) mass is 208 g/mol. The zero-order valence-corrected chi connectivity index (χ0v) is 9.51. The second-order valence-electron chi connectivity index (χ2n) is 1.56. The van der Waals surface area contributed by atoms with E-state index in [9.17, 15) is 9.90 Å². The van der Waals surface area contributed by atoms with Crippen molar-refractivity contribution in [2.45, 2.75) is 13.8 Å². The van der Waals surface area contributed by atoms with Crippen LogP contribution in [0.1, 0.15) is 13.8 Å². The molecule has 0 aromatic rings. The Bertz CT molecular complexity index is 137. The minimum atomic E-state index is -1.19. The molecule has 11 heavy (non-hydrogen) atoms. The molecule has 0 atom stereocenters. The van der Waals surface area contributed by atoms with Crippen molar-refractivity contribution in [1.82, 2.24) is 0 Å². The normalized spacial score (nSPS) is 6.36. The summed E-state index contributed by atoms with van der Waals surface area (Å²) in [5, 5.41) is 18.4. The summed E-state index contributed by atoms with van der Waals surface area (Å²) in [6, 6.07) is 0. The average molecular weight is 210 g/mol. The Morgan fingerprint density at radius 3 is 1.27 bits per heavy atom. The van der Waals surface area contributed by atoms with E-state index in [1.807, 2.05) is 0 Å². The quantitative estimate of drug-likeness (QED) is 0.372. The molecule has 0 saturated heterocycles. The van der Waals surface area contributed by atoms with E-state index in [1.165, 1.54) is 6.92 Å². The molecule has 0 saturated carbocycles. The summed E-state index contributed by atoms with van der Waals surface area (Å²) >= 11 is 0. The van der Waals surface area contributed by atoms with Gasteiger partial charge in [-0.05, 0) is 19.4 Å². The van der Waals surface area contributed by atoms with Crippen molar-refractivity contribution in [3.8, 4) is 0 Å². The number of carbonyl (C=O) groups is 2. The summed E-state index contributed by atoms with van der Waals surface area (Å²) in [7, 11) is 0. The molecule has 0 radical (unpaired) electrons. The largest absolute Gasteiger partial charge is 2.00 e. The van der Waals surface area contributed by atoms with Crippen LogP contribution in [0.25, 0.3) is 0 Å². The van der Waals surface area contributed by atoms with Crippen LogP contribution < -0.4 is 10.2 Å². The molecule has 0 bridgehead atoms. The fourth-order valence-corrected chi connectivity index (χ4v) is 0. The maximum Gasteiger partial charge on any atom is 2.00 e. The van der Waals surface area contributed by atoms with Crippen molar-refractivity contribution in [2.24, 2.45) is 0 Å². The zero-order chi connectivity index (χ0) is 8.73. The zero-order valence-electron chi connectivity index (χ0n) is 6.55. The fourth-order valence-electron chi connectivity index (χ4n) is 0. The van der Waals surface area contributed by atoms with Gasteiger partial charge in [0.2, 0.25) is 0 Å². The molecule has 4 nitrogen and oxygen atoms in total. The van der Waals surface area contributed by atoms with Crippen LogP contribution in [0, 0.1) is 0 Å². The number of rotatable bonds is 1. The van der Waals surface area contributed by atoms with Gasteiger partial charge < -0.3 is 19.8 Å². The molecule has 0 N–H and O–H groups in total. The Balaban J connectivity index is -0.000000114. The summed E-state index contributed by atoms with van der Waals surface area (Å²) in [6.45, 7) is 5.45. The van der Waals surface area contributed by atoms with Gasteiger partial charge in [-0.15, -0.1) is 0 Å². The van der Waals surface area contributed by atoms with E-state index >= 15 is 0 Å². The Morgan fingerprint density at radius 2 is 1.27 bits per heavy atom. The number of carbonyl (C=O) groups excluding carboxylic acids is 2. The van der Waals surface area contributed by atoms with Gasteiger partial charge in [-0.3, -0.25) is 0 Å². The molecule has 0 heterocycles. The predicted molar refractivity (Wildman–Crippen MR) is 30.5 cm³/mol. The van der Waals surface area contributed by atoms with Gasteiger partial charge >= 0.3 is 19.5 Å². The first kappa shape index (κ1) is 16.7. The summed E-state index contributed by atoms with van der Waals surface area (Å²) in [6.07, 6.45) is 0. The SMILES string of the molecule is C=C(C)C(=O)[O-].CC(=O)[O-].[Zn+2]. The van der Waals surface area contributed by atoms with Crippen LogP contribution in [-0.4, -0.2) is 11.9 Å². The van der Waals surface area contributed by atoms with Crippen LogP contribution in [0.2, 0.25) is 0 Å². The van der Waals surface area contributed by atoms with Crippen molar-refractivity contribution in [3.05, 3.63) is 12.2 Å². The maximum atomic E-state index is 9.49. The number of hydrogen-bond acceptors (Lipinski definition) is 4. The molecule has 0 fully saturated rings. The molecule has 0 unspecified atom stereocenters. The van der Waals surface area contributed by atoms with E-state index in [2.05, 4.69) is 6.58 Å². The molecule has 0 aromatic carbocycles. The number of aliphatic carboxylic acids is 2. The molecule has 0 rings (SSSR count). The maximum absolute atomic E-state index is 9.49. The summed E-state index contributed by atoms with van der Waals surface area (Å²) in [5.74, 6) is -2.27. The second-order valence-corrected chi connectivity index (χ2v) is 1.56. The van der Waals surface area contributed by atoms with E-state index < -0.39 is 11.9 Å². The molecule has 0 aliphatic carbocycles. The minimum Gasteiger partial charge on any atom is -0.550 e. The first-order valence-electron chi connectivity index (χ1n) is 2.42. The van der Waals surface area contributed by atoms with Crippen molar-refractivity contribution in [3.63, 3.8) is 0 Å². The molecular weight excluding hydrogens is 201 g/mol. The molecule has 0 aliphatic rings. The van der Waals surface area contributed by atoms with E-state index in [-0.39, 0.29) is 25.1 Å². The first-order chi connectivity index (χ1) is 4.37.